The summed E-state index contributed by atoms with van der Waals surface area (Å²) in [5.74, 6) is -0.549. The Labute approximate surface area is 176 Å². The first-order valence-corrected chi connectivity index (χ1v) is 9.02. The summed E-state index contributed by atoms with van der Waals surface area (Å²) in [7, 11) is 1.43. The summed E-state index contributed by atoms with van der Waals surface area (Å²) in [5, 5.41) is 30.5. The van der Waals surface area contributed by atoms with Crippen molar-refractivity contribution in [2.75, 3.05) is 26.9 Å². The van der Waals surface area contributed by atoms with Gasteiger partial charge in [-0.2, -0.15) is 0 Å². The highest BCUT2D eigenvalue weighted by Gasteiger charge is 2.31. The third-order valence-corrected chi connectivity index (χ3v) is 4.35. The van der Waals surface area contributed by atoms with Crippen molar-refractivity contribution in [2.24, 2.45) is 0 Å². The fraction of sp³-hybridized carbons (Fsp3) is 0.286. The Morgan fingerprint density at radius 1 is 1.00 bits per heavy atom. The van der Waals surface area contributed by atoms with Crippen molar-refractivity contribution in [1.29, 1.82) is 0 Å². The molecule has 0 aliphatic rings. The van der Waals surface area contributed by atoms with E-state index in [9.17, 15) is 33.3 Å². The summed E-state index contributed by atoms with van der Waals surface area (Å²) in [6, 6.07) is 9.69. The number of alkyl halides is 3. The largest absolute Gasteiger partial charge is 0.573 e. The minimum atomic E-state index is -4.77. The molecule has 0 atom stereocenters. The standard InChI is InChI=1S/C21H22F3NO6/c1-30-18-9-6-16(19(29)25-20(11-26,12-27)13-28)10-15(18)5-2-14-3-7-17(8-4-14)31-21(22,23)24/h2-10,26-28H,11-13H2,1H3,(H,25,29). The lowest BCUT2D eigenvalue weighted by atomic mass is 10.0. The average molecular weight is 441 g/mol. The van der Waals surface area contributed by atoms with E-state index in [4.69, 9.17) is 4.74 Å². The van der Waals surface area contributed by atoms with E-state index in [-0.39, 0.29) is 11.3 Å². The lowest BCUT2D eigenvalue weighted by molar-refractivity contribution is -0.274. The van der Waals surface area contributed by atoms with Gasteiger partial charge in [0.2, 0.25) is 0 Å². The maximum absolute atomic E-state index is 12.5. The van der Waals surface area contributed by atoms with Crippen LogP contribution in [-0.2, 0) is 0 Å². The highest BCUT2D eigenvalue weighted by Crippen LogP contribution is 2.25. The number of aliphatic hydroxyl groups excluding tert-OH is 3. The second-order valence-electron chi connectivity index (χ2n) is 6.62. The lowest BCUT2D eigenvalue weighted by Gasteiger charge is -2.28. The zero-order valence-electron chi connectivity index (χ0n) is 16.5. The molecule has 0 radical (unpaired) electrons. The molecule has 2 rings (SSSR count). The van der Waals surface area contributed by atoms with Crippen LogP contribution in [0.4, 0.5) is 13.2 Å². The molecule has 168 valence electrons. The van der Waals surface area contributed by atoms with Crippen molar-refractivity contribution in [3.8, 4) is 11.5 Å². The van der Waals surface area contributed by atoms with Crippen LogP contribution in [0.3, 0.4) is 0 Å². The van der Waals surface area contributed by atoms with Crippen molar-refractivity contribution in [3.05, 3.63) is 59.2 Å². The number of hydrogen-bond acceptors (Lipinski definition) is 6. The molecule has 0 aliphatic heterocycles. The number of carbonyl (C=O) groups is 1. The molecular formula is C21H22F3NO6. The predicted octanol–water partition coefficient (Wildman–Crippen LogP) is 2.21. The summed E-state index contributed by atoms with van der Waals surface area (Å²) >= 11 is 0. The van der Waals surface area contributed by atoms with Gasteiger partial charge in [0.25, 0.3) is 5.91 Å². The SMILES string of the molecule is COc1ccc(C(=O)NC(CO)(CO)CO)cc1C=Cc1ccc(OC(F)(F)F)cc1. The van der Waals surface area contributed by atoms with Gasteiger partial charge in [-0.3, -0.25) is 4.79 Å². The second kappa shape index (κ2) is 10.3. The molecule has 0 fully saturated rings. The molecule has 2 aromatic rings. The number of amides is 1. The zero-order chi connectivity index (χ0) is 23.1. The Kier molecular flexibility index (Phi) is 8.03. The Bertz CT molecular complexity index is 900. The molecule has 1 amide bonds. The van der Waals surface area contributed by atoms with Gasteiger partial charge in [-0.05, 0) is 35.9 Å². The van der Waals surface area contributed by atoms with Crippen molar-refractivity contribution >= 4 is 18.1 Å². The van der Waals surface area contributed by atoms with Crippen LogP contribution >= 0.6 is 0 Å². The molecule has 0 saturated carbocycles. The van der Waals surface area contributed by atoms with Gasteiger partial charge < -0.3 is 30.1 Å². The van der Waals surface area contributed by atoms with E-state index in [0.29, 0.717) is 16.9 Å². The third kappa shape index (κ3) is 6.71. The van der Waals surface area contributed by atoms with Crippen LogP contribution in [0.25, 0.3) is 12.2 Å². The van der Waals surface area contributed by atoms with E-state index in [0.717, 1.165) is 0 Å². The van der Waals surface area contributed by atoms with Gasteiger partial charge in [-0.1, -0.05) is 24.3 Å². The van der Waals surface area contributed by atoms with Gasteiger partial charge in [0.05, 0.1) is 26.9 Å². The number of methoxy groups -OCH3 is 1. The second-order valence-corrected chi connectivity index (χ2v) is 6.62. The normalized spacial score (nSPS) is 12.1. The molecular weight excluding hydrogens is 419 g/mol. The average Bonchev–Trinajstić information content (AvgIpc) is 2.75. The highest BCUT2D eigenvalue weighted by atomic mass is 19.4. The first-order chi connectivity index (χ1) is 14.6. The number of rotatable bonds is 9. The molecule has 0 bridgehead atoms. The molecule has 4 N–H and O–H groups in total. The molecule has 0 heterocycles. The molecule has 0 unspecified atom stereocenters. The van der Waals surface area contributed by atoms with E-state index in [2.05, 4.69) is 10.1 Å². The van der Waals surface area contributed by atoms with Crippen LogP contribution < -0.4 is 14.8 Å². The Morgan fingerprint density at radius 2 is 1.61 bits per heavy atom. The van der Waals surface area contributed by atoms with Gasteiger partial charge in [-0.25, -0.2) is 0 Å². The van der Waals surface area contributed by atoms with Gasteiger partial charge in [-0.15, -0.1) is 13.2 Å². The van der Waals surface area contributed by atoms with E-state index < -0.39 is 37.6 Å². The number of benzene rings is 2. The van der Waals surface area contributed by atoms with Gasteiger partial charge in [0.1, 0.15) is 17.0 Å². The summed E-state index contributed by atoms with van der Waals surface area (Å²) < 4.78 is 45.8. The Balaban J connectivity index is 2.23. The quantitative estimate of drug-likeness (QED) is 0.445. The summed E-state index contributed by atoms with van der Waals surface area (Å²) in [6.07, 6.45) is -1.56. The molecule has 0 aromatic heterocycles. The number of hydrogen-bond donors (Lipinski definition) is 4. The van der Waals surface area contributed by atoms with Gasteiger partial charge >= 0.3 is 6.36 Å². The monoisotopic (exact) mass is 441 g/mol. The molecule has 0 spiro atoms. The number of halogens is 3. The van der Waals surface area contributed by atoms with Crippen LogP contribution in [0.2, 0.25) is 0 Å². The summed E-state index contributed by atoms with van der Waals surface area (Å²) in [5.41, 5.74) is -0.332. The molecule has 10 heteroatoms. The highest BCUT2D eigenvalue weighted by molar-refractivity contribution is 5.96. The van der Waals surface area contributed by atoms with E-state index in [1.807, 2.05) is 0 Å². The Morgan fingerprint density at radius 3 is 2.13 bits per heavy atom. The lowest BCUT2D eigenvalue weighted by Crippen LogP contribution is -2.57. The maximum atomic E-state index is 12.5. The molecule has 2 aromatic carbocycles. The molecule has 0 aliphatic carbocycles. The van der Waals surface area contributed by atoms with Crippen LogP contribution in [0.1, 0.15) is 21.5 Å². The minimum absolute atomic E-state index is 0.175. The third-order valence-electron chi connectivity index (χ3n) is 4.35. The number of aliphatic hydroxyl groups is 3. The fourth-order valence-corrected chi connectivity index (χ4v) is 2.55. The van der Waals surface area contributed by atoms with Crippen molar-refractivity contribution in [1.82, 2.24) is 5.32 Å². The predicted molar refractivity (Wildman–Crippen MR) is 107 cm³/mol. The first-order valence-electron chi connectivity index (χ1n) is 9.02. The molecule has 7 nitrogen and oxygen atoms in total. The number of ether oxygens (including phenoxy) is 2. The number of nitrogens with one attached hydrogen (secondary N) is 1. The van der Waals surface area contributed by atoms with Crippen LogP contribution in [0.15, 0.2) is 42.5 Å². The van der Waals surface area contributed by atoms with Gasteiger partial charge in [0.15, 0.2) is 0 Å². The van der Waals surface area contributed by atoms with Crippen LogP contribution in [0, 0.1) is 0 Å². The fourth-order valence-electron chi connectivity index (χ4n) is 2.55. The maximum Gasteiger partial charge on any atom is 0.573 e. The van der Waals surface area contributed by atoms with Crippen LogP contribution in [0.5, 0.6) is 11.5 Å². The summed E-state index contributed by atoms with van der Waals surface area (Å²) in [4.78, 5) is 12.5. The zero-order valence-corrected chi connectivity index (χ0v) is 16.5. The molecule has 0 saturated heterocycles. The smallest absolute Gasteiger partial charge is 0.496 e. The first kappa shape index (κ1) is 24.2. The van der Waals surface area contributed by atoms with Crippen molar-refractivity contribution < 1.29 is 42.8 Å². The van der Waals surface area contributed by atoms with E-state index >= 15 is 0 Å². The van der Waals surface area contributed by atoms with E-state index in [1.165, 1.54) is 49.6 Å². The van der Waals surface area contributed by atoms with E-state index in [1.54, 1.807) is 12.2 Å². The van der Waals surface area contributed by atoms with Crippen LogP contribution in [-0.4, -0.2) is 60.1 Å². The van der Waals surface area contributed by atoms with Gasteiger partial charge in [0, 0.05) is 11.1 Å². The molecule has 31 heavy (non-hydrogen) atoms. The number of carbonyl (C=O) groups excluding carboxylic acids is 1. The van der Waals surface area contributed by atoms with Crippen molar-refractivity contribution in [3.63, 3.8) is 0 Å². The van der Waals surface area contributed by atoms with Crippen molar-refractivity contribution in [2.45, 2.75) is 11.9 Å². The Hall–Kier alpha value is -3.08. The topological polar surface area (TPSA) is 108 Å². The minimum Gasteiger partial charge on any atom is -0.496 e. The summed E-state index contributed by atoms with van der Waals surface area (Å²) in [6.45, 7) is -1.99.